The van der Waals surface area contributed by atoms with Gasteiger partial charge in [-0.05, 0) is 31.5 Å². The highest BCUT2D eigenvalue weighted by molar-refractivity contribution is 7.93. The van der Waals surface area contributed by atoms with Crippen molar-refractivity contribution >= 4 is 15.7 Å². The zero-order valence-electron chi connectivity index (χ0n) is 14.1. The highest BCUT2D eigenvalue weighted by atomic mass is 32.2. The number of aliphatic hydroxyl groups excluding tert-OH is 2. The summed E-state index contributed by atoms with van der Waals surface area (Å²) >= 11 is 0. The van der Waals surface area contributed by atoms with E-state index in [0.717, 1.165) is 16.4 Å². The van der Waals surface area contributed by atoms with Gasteiger partial charge in [0, 0.05) is 12.5 Å². The zero-order valence-corrected chi connectivity index (χ0v) is 14.9. The van der Waals surface area contributed by atoms with Crippen molar-refractivity contribution < 1.29 is 31.8 Å². The molecule has 0 aromatic heterocycles. The van der Waals surface area contributed by atoms with E-state index in [1.807, 2.05) is 0 Å². The maximum atomic E-state index is 13.1. The van der Waals surface area contributed by atoms with Crippen LogP contribution in [0.5, 0.6) is 0 Å². The monoisotopic (exact) mass is 392 g/mol. The Labute approximate surface area is 149 Å². The van der Waals surface area contributed by atoms with Gasteiger partial charge in [0.05, 0.1) is 40.3 Å². The lowest BCUT2D eigenvalue weighted by Gasteiger charge is -2.24. The first-order valence-corrected chi connectivity index (χ1v) is 9.44. The molecule has 6 nitrogen and oxygen atoms in total. The average Bonchev–Trinajstić information content (AvgIpc) is 2.82. The number of halogens is 3. The van der Waals surface area contributed by atoms with Gasteiger partial charge >= 0.3 is 6.18 Å². The van der Waals surface area contributed by atoms with Gasteiger partial charge in [-0.3, -0.25) is 4.31 Å². The molecule has 0 bridgehead atoms. The lowest BCUT2D eigenvalue weighted by molar-refractivity contribution is -0.137. The molecular formula is C16H19F3N2O4S. The maximum Gasteiger partial charge on any atom is 0.417 e. The number of nitriles is 1. The van der Waals surface area contributed by atoms with E-state index >= 15 is 0 Å². The largest absolute Gasteiger partial charge is 0.417 e. The second kappa shape index (κ2) is 7.06. The number of benzene rings is 1. The molecule has 0 saturated carbocycles. The summed E-state index contributed by atoms with van der Waals surface area (Å²) in [5.41, 5.74) is -2.06. The Kier molecular flexibility index (Phi) is 5.56. The number of hydrogen-bond donors (Lipinski definition) is 2. The quantitative estimate of drug-likeness (QED) is 0.815. The molecular weight excluding hydrogens is 373 g/mol. The minimum Gasteiger partial charge on any atom is -0.390 e. The van der Waals surface area contributed by atoms with Gasteiger partial charge in [0.25, 0.3) is 0 Å². The number of anilines is 1. The van der Waals surface area contributed by atoms with Crippen molar-refractivity contribution in [2.45, 2.75) is 43.9 Å². The van der Waals surface area contributed by atoms with E-state index in [0.29, 0.717) is 6.07 Å². The molecule has 1 heterocycles. The Morgan fingerprint density at radius 2 is 2.00 bits per heavy atom. The molecule has 2 unspecified atom stereocenters. The Hall–Kier alpha value is -1.83. The molecule has 1 fully saturated rings. The van der Waals surface area contributed by atoms with Gasteiger partial charge in [0.2, 0.25) is 10.0 Å². The predicted octanol–water partition coefficient (Wildman–Crippen LogP) is 1.86. The van der Waals surface area contributed by atoms with E-state index in [1.165, 1.54) is 13.0 Å². The van der Waals surface area contributed by atoms with Crippen LogP contribution in [-0.4, -0.2) is 42.6 Å². The zero-order chi connectivity index (χ0) is 19.9. The highest BCUT2D eigenvalue weighted by Gasteiger charge is 2.48. The number of aliphatic hydroxyl groups is 2. The van der Waals surface area contributed by atoms with E-state index < -0.39 is 50.7 Å². The van der Waals surface area contributed by atoms with Gasteiger partial charge < -0.3 is 10.2 Å². The van der Waals surface area contributed by atoms with Gasteiger partial charge in [-0.2, -0.15) is 18.4 Å². The molecule has 1 aromatic carbocycles. The van der Waals surface area contributed by atoms with Crippen LogP contribution in [0.25, 0.3) is 0 Å². The summed E-state index contributed by atoms with van der Waals surface area (Å²) in [4.78, 5) is 0. The standard InChI is InChI=1S/C16H19F3N2O4S/c1-3-14(22)15(23)12-8-21(26(24,25)9(12)2)11-5-4-10(7-20)13(6-11)16(17,18)19/h4-6,9,12,14-15,22-23H,3,8H2,1-2H3/t9?,12?,14-,15+/m1/s1. The minimum absolute atomic E-state index is 0.208. The molecule has 2 rings (SSSR count). The fourth-order valence-electron chi connectivity index (χ4n) is 3.05. The number of hydrogen-bond acceptors (Lipinski definition) is 5. The molecule has 2 N–H and O–H groups in total. The normalized spacial score (nSPS) is 24.9. The molecule has 0 aliphatic carbocycles. The van der Waals surface area contributed by atoms with Gasteiger partial charge in [-0.15, -0.1) is 0 Å². The van der Waals surface area contributed by atoms with E-state index in [9.17, 15) is 31.8 Å². The summed E-state index contributed by atoms with van der Waals surface area (Å²) in [7, 11) is -4.02. The van der Waals surface area contributed by atoms with Gasteiger partial charge in [-0.25, -0.2) is 8.42 Å². The van der Waals surface area contributed by atoms with Crippen LogP contribution >= 0.6 is 0 Å². The van der Waals surface area contributed by atoms with E-state index in [-0.39, 0.29) is 18.7 Å². The van der Waals surface area contributed by atoms with Crippen molar-refractivity contribution in [3.63, 3.8) is 0 Å². The summed E-state index contributed by atoms with van der Waals surface area (Å²) in [6.45, 7) is 2.71. The van der Waals surface area contributed by atoms with Crippen LogP contribution in [-0.2, 0) is 16.2 Å². The smallest absolute Gasteiger partial charge is 0.390 e. The summed E-state index contributed by atoms with van der Waals surface area (Å²) in [5, 5.41) is 27.8. The predicted molar refractivity (Wildman–Crippen MR) is 87.7 cm³/mol. The second-order valence-corrected chi connectivity index (χ2v) is 8.46. The molecule has 0 radical (unpaired) electrons. The lowest BCUT2D eigenvalue weighted by Crippen LogP contribution is -2.38. The number of nitrogens with zero attached hydrogens (tertiary/aromatic N) is 2. The third-order valence-electron chi connectivity index (χ3n) is 4.72. The first kappa shape index (κ1) is 20.5. The second-order valence-electron chi connectivity index (χ2n) is 6.25. The summed E-state index contributed by atoms with van der Waals surface area (Å²) in [6, 6.07) is 4.10. The maximum absolute atomic E-state index is 13.1. The van der Waals surface area contributed by atoms with E-state index in [1.54, 1.807) is 6.92 Å². The molecule has 0 amide bonds. The summed E-state index contributed by atoms with van der Waals surface area (Å²) in [6.07, 6.45) is -7.06. The molecule has 26 heavy (non-hydrogen) atoms. The Balaban J connectivity index is 2.48. The Morgan fingerprint density at radius 3 is 2.50 bits per heavy atom. The van der Waals surface area contributed by atoms with Crippen LogP contribution in [0.2, 0.25) is 0 Å². The van der Waals surface area contributed by atoms with Crippen LogP contribution < -0.4 is 4.31 Å². The Bertz CT molecular complexity index is 820. The molecule has 1 saturated heterocycles. The first-order valence-electron chi connectivity index (χ1n) is 7.94. The van der Waals surface area contributed by atoms with E-state index in [2.05, 4.69) is 0 Å². The first-order chi connectivity index (χ1) is 11.9. The van der Waals surface area contributed by atoms with Crippen LogP contribution in [0.1, 0.15) is 31.4 Å². The molecule has 1 aromatic rings. The van der Waals surface area contributed by atoms with Crippen molar-refractivity contribution in [3.05, 3.63) is 29.3 Å². The molecule has 4 atom stereocenters. The fourth-order valence-corrected chi connectivity index (χ4v) is 4.93. The molecule has 1 aliphatic heterocycles. The Morgan fingerprint density at radius 1 is 1.38 bits per heavy atom. The molecule has 144 valence electrons. The van der Waals surface area contributed by atoms with Crippen molar-refractivity contribution in [2.75, 3.05) is 10.8 Å². The minimum atomic E-state index is -4.81. The van der Waals surface area contributed by atoms with E-state index in [4.69, 9.17) is 5.26 Å². The molecule has 10 heteroatoms. The third kappa shape index (κ3) is 3.51. The average molecular weight is 392 g/mol. The van der Waals surface area contributed by atoms with Crippen molar-refractivity contribution in [1.29, 1.82) is 5.26 Å². The lowest BCUT2D eigenvalue weighted by atomic mass is 9.93. The SMILES string of the molecule is CC[C@@H](O)[C@@H](O)C1CN(c2ccc(C#N)c(C(F)(F)F)c2)S(=O)(=O)C1C. The van der Waals surface area contributed by atoms with Gasteiger partial charge in [0.15, 0.2) is 0 Å². The van der Waals surface area contributed by atoms with Crippen LogP contribution in [0.3, 0.4) is 0 Å². The van der Waals surface area contributed by atoms with Crippen LogP contribution in [0.15, 0.2) is 18.2 Å². The van der Waals surface area contributed by atoms with Crippen molar-refractivity contribution in [1.82, 2.24) is 0 Å². The number of sulfonamides is 1. The highest BCUT2D eigenvalue weighted by Crippen LogP contribution is 2.39. The van der Waals surface area contributed by atoms with Gasteiger partial charge in [-0.1, -0.05) is 6.92 Å². The number of rotatable bonds is 4. The number of alkyl halides is 3. The molecule has 1 aliphatic rings. The van der Waals surface area contributed by atoms with Crippen LogP contribution in [0, 0.1) is 17.2 Å². The fraction of sp³-hybridized carbons (Fsp3) is 0.562. The van der Waals surface area contributed by atoms with Crippen LogP contribution in [0.4, 0.5) is 18.9 Å². The van der Waals surface area contributed by atoms with Gasteiger partial charge in [0.1, 0.15) is 0 Å². The summed E-state index contributed by atoms with van der Waals surface area (Å²) < 4.78 is 65.4. The third-order valence-corrected chi connectivity index (χ3v) is 6.99. The van der Waals surface area contributed by atoms with Crippen molar-refractivity contribution in [2.24, 2.45) is 5.92 Å². The van der Waals surface area contributed by atoms with Crippen molar-refractivity contribution in [3.8, 4) is 6.07 Å². The molecule has 0 spiro atoms. The summed E-state index contributed by atoms with van der Waals surface area (Å²) in [5.74, 6) is -0.861. The topological polar surface area (TPSA) is 102 Å².